The summed E-state index contributed by atoms with van der Waals surface area (Å²) in [5.41, 5.74) is 0.398. The normalized spacial score (nSPS) is 13.8. The minimum absolute atomic E-state index is 0.0585. The van der Waals surface area contributed by atoms with Crippen molar-refractivity contribution < 1.29 is 8.78 Å². The number of halogens is 2. The lowest BCUT2D eigenvalue weighted by atomic mass is 9.80. The zero-order valence-electron chi connectivity index (χ0n) is 11.0. The molecule has 0 aromatic heterocycles. The van der Waals surface area contributed by atoms with Crippen LogP contribution in [0.3, 0.4) is 0 Å². The highest BCUT2D eigenvalue weighted by Crippen LogP contribution is 2.28. The van der Waals surface area contributed by atoms with Crippen LogP contribution >= 0.6 is 0 Å². The Morgan fingerprint density at radius 1 is 1.29 bits per heavy atom. The van der Waals surface area contributed by atoms with Gasteiger partial charge in [0, 0.05) is 6.04 Å². The van der Waals surface area contributed by atoms with Crippen molar-refractivity contribution in [2.75, 3.05) is 7.05 Å². The maximum atomic E-state index is 13.5. The minimum atomic E-state index is -0.376. The molecule has 0 aliphatic rings. The fourth-order valence-corrected chi connectivity index (χ4v) is 2.20. The van der Waals surface area contributed by atoms with E-state index in [0.717, 1.165) is 12.5 Å². The predicted octanol–water partition coefficient (Wildman–Crippen LogP) is 3.53. The Bertz CT molecular complexity index is 374. The van der Waals surface area contributed by atoms with Crippen LogP contribution in [0.1, 0.15) is 32.8 Å². The number of nitrogens with one attached hydrogen (secondary N) is 1. The summed E-state index contributed by atoms with van der Waals surface area (Å²) in [4.78, 5) is 0. The minimum Gasteiger partial charge on any atom is -0.317 e. The summed E-state index contributed by atoms with van der Waals surface area (Å²) in [5.74, 6) is -0.699. The summed E-state index contributed by atoms with van der Waals surface area (Å²) in [5, 5.41) is 3.16. The summed E-state index contributed by atoms with van der Waals surface area (Å²) < 4.78 is 26.6. The van der Waals surface area contributed by atoms with Gasteiger partial charge in [0.2, 0.25) is 0 Å². The van der Waals surface area contributed by atoms with Gasteiger partial charge in [-0.25, -0.2) is 8.78 Å². The zero-order chi connectivity index (χ0) is 13.1. The van der Waals surface area contributed by atoms with Gasteiger partial charge in [-0.2, -0.15) is 0 Å². The zero-order valence-corrected chi connectivity index (χ0v) is 11.0. The maximum absolute atomic E-state index is 13.5. The van der Waals surface area contributed by atoms with E-state index in [-0.39, 0.29) is 17.0 Å². The molecule has 0 aliphatic carbocycles. The summed E-state index contributed by atoms with van der Waals surface area (Å²) in [6.45, 7) is 6.24. The van der Waals surface area contributed by atoms with Crippen molar-refractivity contribution >= 4 is 0 Å². The molecule has 1 N–H and O–H groups in total. The molecule has 17 heavy (non-hydrogen) atoms. The molecule has 1 aromatic carbocycles. The average molecular weight is 241 g/mol. The molecule has 1 aromatic rings. The summed E-state index contributed by atoms with van der Waals surface area (Å²) >= 11 is 0. The summed E-state index contributed by atoms with van der Waals surface area (Å²) in [6, 6.07) is 4.01. The molecular weight excluding hydrogens is 220 g/mol. The lowest BCUT2D eigenvalue weighted by molar-refractivity contribution is 0.289. The van der Waals surface area contributed by atoms with Crippen molar-refractivity contribution in [1.82, 2.24) is 5.32 Å². The SMILES string of the molecule is CNC(C)CC(C)(C)Cc1cc(F)ccc1F. The van der Waals surface area contributed by atoms with Crippen LogP contribution in [-0.4, -0.2) is 13.1 Å². The van der Waals surface area contributed by atoms with E-state index >= 15 is 0 Å². The summed E-state index contributed by atoms with van der Waals surface area (Å²) in [7, 11) is 1.91. The molecule has 3 heteroatoms. The van der Waals surface area contributed by atoms with E-state index in [0.29, 0.717) is 18.0 Å². The van der Waals surface area contributed by atoms with Crippen molar-refractivity contribution in [3.05, 3.63) is 35.4 Å². The molecule has 0 bridgehead atoms. The van der Waals surface area contributed by atoms with E-state index in [4.69, 9.17) is 0 Å². The Balaban J connectivity index is 2.78. The summed E-state index contributed by atoms with van der Waals surface area (Å²) in [6.07, 6.45) is 1.46. The van der Waals surface area contributed by atoms with Crippen molar-refractivity contribution in [3.63, 3.8) is 0 Å². The smallest absolute Gasteiger partial charge is 0.126 e. The van der Waals surface area contributed by atoms with Gasteiger partial charge in [-0.3, -0.25) is 0 Å². The second-order valence-corrected chi connectivity index (χ2v) is 5.47. The van der Waals surface area contributed by atoms with Gasteiger partial charge in [0.25, 0.3) is 0 Å². The topological polar surface area (TPSA) is 12.0 Å². The standard InChI is InChI=1S/C14H21F2N/c1-10(17-4)8-14(2,3)9-11-7-12(15)5-6-13(11)16/h5-7,10,17H,8-9H2,1-4H3. The molecule has 1 nitrogen and oxygen atoms in total. The van der Waals surface area contributed by atoms with Crippen LogP contribution in [0.25, 0.3) is 0 Å². The molecule has 0 aliphatic heterocycles. The first-order valence-corrected chi connectivity index (χ1v) is 5.95. The van der Waals surface area contributed by atoms with E-state index in [1.54, 1.807) is 0 Å². The average Bonchev–Trinajstić information content (AvgIpc) is 2.22. The van der Waals surface area contributed by atoms with E-state index in [9.17, 15) is 8.78 Å². The number of hydrogen-bond acceptors (Lipinski definition) is 1. The third-order valence-electron chi connectivity index (χ3n) is 3.03. The van der Waals surface area contributed by atoms with Gasteiger partial charge < -0.3 is 5.32 Å². The quantitative estimate of drug-likeness (QED) is 0.831. The fourth-order valence-electron chi connectivity index (χ4n) is 2.20. The highest BCUT2D eigenvalue weighted by molar-refractivity contribution is 5.20. The molecule has 0 saturated carbocycles. The lowest BCUT2D eigenvalue weighted by Gasteiger charge is -2.28. The highest BCUT2D eigenvalue weighted by atomic mass is 19.1. The Morgan fingerprint density at radius 3 is 2.53 bits per heavy atom. The van der Waals surface area contributed by atoms with Crippen LogP contribution in [0.4, 0.5) is 8.78 Å². The van der Waals surface area contributed by atoms with Crippen LogP contribution in [-0.2, 0) is 6.42 Å². The lowest BCUT2D eigenvalue weighted by Crippen LogP contribution is -2.29. The molecule has 1 atom stereocenters. The van der Waals surface area contributed by atoms with Gasteiger partial charge in [0.1, 0.15) is 11.6 Å². The highest BCUT2D eigenvalue weighted by Gasteiger charge is 2.22. The number of hydrogen-bond donors (Lipinski definition) is 1. The van der Waals surface area contributed by atoms with Crippen LogP contribution in [0.2, 0.25) is 0 Å². The third kappa shape index (κ3) is 4.43. The Labute approximate surface area is 102 Å². The predicted molar refractivity (Wildman–Crippen MR) is 67.0 cm³/mol. The molecule has 0 spiro atoms. The Kier molecular flexibility index (Phi) is 4.63. The monoisotopic (exact) mass is 241 g/mol. The van der Waals surface area contributed by atoms with E-state index in [2.05, 4.69) is 26.1 Å². The largest absolute Gasteiger partial charge is 0.317 e. The van der Waals surface area contributed by atoms with Crippen molar-refractivity contribution in [2.45, 2.75) is 39.7 Å². The van der Waals surface area contributed by atoms with Gasteiger partial charge in [0.05, 0.1) is 0 Å². The van der Waals surface area contributed by atoms with Gasteiger partial charge in [-0.1, -0.05) is 13.8 Å². The molecule has 0 fully saturated rings. The third-order valence-corrected chi connectivity index (χ3v) is 3.03. The van der Waals surface area contributed by atoms with Gasteiger partial charge in [-0.15, -0.1) is 0 Å². The van der Waals surface area contributed by atoms with Gasteiger partial charge in [-0.05, 0) is 56.0 Å². The first kappa shape index (κ1) is 14.1. The van der Waals surface area contributed by atoms with E-state index in [1.807, 2.05) is 7.05 Å². The van der Waals surface area contributed by atoms with Crippen LogP contribution < -0.4 is 5.32 Å². The Morgan fingerprint density at radius 2 is 1.94 bits per heavy atom. The van der Waals surface area contributed by atoms with Crippen molar-refractivity contribution in [1.29, 1.82) is 0 Å². The molecule has 1 rings (SSSR count). The number of benzene rings is 1. The molecule has 0 heterocycles. The molecule has 1 unspecified atom stereocenters. The van der Waals surface area contributed by atoms with Crippen LogP contribution in [0.15, 0.2) is 18.2 Å². The molecule has 0 radical (unpaired) electrons. The van der Waals surface area contributed by atoms with E-state index in [1.165, 1.54) is 12.1 Å². The fraction of sp³-hybridized carbons (Fsp3) is 0.571. The molecular formula is C14H21F2N. The van der Waals surface area contributed by atoms with Crippen LogP contribution in [0.5, 0.6) is 0 Å². The Hall–Kier alpha value is -0.960. The second-order valence-electron chi connectivity index (χ2n) is 5.47. The molecule has 0 amide bonds. The van der Waals surface area contributed by atoms with Crippen molar-refractivity contribution in [2.24, 2.45) is 5.41 Å². The van der Waals surface area contributed by atoms with Gasteiger partial charge >= 0.3 is 0 Å². The maximum Gasteiger partial charge on any atom is 0.126 e. The first-order chi connectivity index (χ1) is 7.84. The van der Waals surface area contributed by atoms with Gasteiger partial charge in [0.15, 0.2) is 0 Å². The second kappa shape index (κ2) is 5.58. The number of rotatable bonds is 5. The molecule has 0 saturated heterocycles. The molecule has 96 valence electrons. The van der Waals surface area contributed by atoms with E-state index < -0.39 is 0 Å². The first-order valence-electron chi connectivity index (χ1n) is 5.95. The van der Waals surface area contributed by atoms with Crippen LogP contribution in [0, 0.1) is 17.0 Å². The van der Waals surface area contributed by atoms with Crippen molar-refractivity contribution in [3.8, 4) is 0 Å².